The van der Waals surface area contributed by atoms with Crippen molar-refractivity contribution >= 4 is 23.6 Å². The number of nitrogens with one attached hydrogen (secondary N) is 1. The molecule has 1 heterocycles. The van der Waals surface area contributed by atoms with Crippen LogP contribution >= 0.6 is 0 Å². The van der Waals surface area contributed by atoms with Crippen LogP contribution in [0.1, 0.15) is 21.9 Å². The number of non-ortho nitro benzene ring substituents is 1. The van der Waals surface area contributed by atoms with Gasteiger partial charge in [0.05, 0.1) is 11.5 Å². The van der Waals surface area contributed by atoms with Gasteiger partial charge in [-0.05, 0) is 52.0 Å². The van der Waals surface area contributed by atoms with Crippen LogP contribution in [0.25, 0.3) is 6.08 Å². The van der Waals surface area contributed by atoms with Gasteiger partial charge in [0.15, 0.2) is 5.69 Å². The van der Waals surface area contributed by atoms with E-state index in [-0.39, 0.29) is 35.6 Å². The van der Waals surface area contributed by atoms with Crippen molar-refractivity contribution in [2.75, 3.05) is 54.4 Å². The first-order valence-corrected chi connectivity index (χ1v) is 10.4. The lowest BCUT2D eigenvalue weighted by Gasteiger charge is -2.21. The summed E-state index contributed by atoms with van der Waals surface area (Å²) in [6, 6.07) is 5.90. The van der Waals surface area contributed by atoms with Crippen molar-refractivity contribution in [2.45, 2.75) is 6.54 Å². The summed E-state index contributed by atoms with van der Waals surface area (Å²) in [5.74, 6) is -0.356. The van der Waals surface area contributed by atoms with Crippen LogP contribution in [-0.4, -0.2) is 90.8 Å². The number of hydrogen-bond donors (Lipinski definition) is 1. The number of carbonyl (C=O) groups is 2. The summed E-state index contributed by atoms with van der Waals surface area (Å²) in [5.41, 5.74) is 0.802. The van der Waals surface area contributed by atoms with Crippen LogP contribution in [0.2, 0.25) is 0 Å². The van der Waals surface area contributed by atoms with E-state index in [2.05, 4.69) is 10.3 Å². The Labute approximate surface area is 192 Å². The minimum absolute atomic E-state index is 0.0171. The molecule has 11 nitrogen and oxygen atoms in total. The van der Waals surface area contributed by atoms with Gasteiger partial charge in [0, 0.05) is 44.4 Å². The summed E-state index contributed by atoms with van der Waals surface area (Å²) in [6.07, 6.45) is 4.27. The van der Waals surface area contributed by atoms with Gasteiger partial charge in [-0.3, -0.25) is 19.7 Å². The highest BCUT2D eigenvalue weighted by molar-refractivity contribution is 5.92. The third-order valence-corrected chi connectivity index (χ3v) is 4.61. The molecule has 0 bridgehead atoms. The molecule has 0 atom stereocenters. The molecule has 178 valence electrons. The molecule has 0 spiro atoms. The summed E-state index contributed by atoms with van der Waals surface area (Å²) in [7, 11) is 7.62. The summed E-state index contributed by atoms with van der Waals surface area (Å²) in [6.45, 7) is 2.32. The molecule has 2 rings (SSSR count). The molecule has 2 aromatic rings. The number of likely N-dealkylation sites (N-methyl/N-ethyl adjacent to an activating group) is 2. The first kappa shape index (κ1) is 25.7. The molecule has 0 saturated heterocycles. The quantitative estimate of drug-likeness (QED) is 0.288. The second-order valence-corrected chi connectivity index (χ2v) is 7.93. The number of oxazole rings is 1. The number of nitro groups is 1. The highest BCUT2D eigenvalue weighted by Crippen LogP contribution is 2.13. The van der Waals surface area contributed by atoms with E-state index in [0.29, 0.717) is 31.7 Å². The van der Waals surface area contributed by atoms with Gasteiger partial charge in [0.1, 0.15) is 6.26 Å². The van der Waals surface area contributed by atoms with Crippen LogP contribution < -0.4 is 5.32 Å². The third kappa shape index (κ3) is 8.83. The average molecular weight is 459 g/mol. The maximum absolute atomic E-state index is 12.8. The zero-order chi connectivity index (χ0) is 24.4. The molecule has 1 aromatic heterocycles. The molecule has 1 aromatic carbocycles. The Hall–Kier alpha value is -3.57. The van der Waals surface area contributed by atoms with Gasteiger partial charge in [0.25, 0.3) is 11.6 Å². The van der Waals surface area contributed by atoms with E-state index in [1.165, 1.54) is 24.5 Å². The summed E-state index contributed by atoms with van der Waals surface area (Å²) in [4.78, 5) is 45.0. The average Bonchev–Trinajstić information content (AvgIpc) is 3.23. The molecule has 0 aliphatic heterocycles. The van der Waals surface area contributed by atoms with Crippen LogP contribution in [0.3, 0.4) is 0 Å². The lowest BCUT2D eigenvalue weighted by Crippen LogP contribution is -2.35. The summed E-state index contributed by atoms with van der Waals surface area (Å²) < 4.78 is 5.42. The van der Waals surface area contributed by atoms with Crippen molar-refractivity contribution in [1.29, 1.82) is 0 Å². The van der Waals surface area contributed by atoms with E-state index in [9.17, 15) is 19.7 Å². The van der Waals surface area contributed by atoms with Gasteiger partial charge in [-0.25, -0.2) is 4.98 Å². The van der Waals surface area contributed by atoms with Crippen LogP contribution in [0.5, 0.6) is 0 Å². The number of aromatic nitrogens is 1. The van der Waals surface area contributed by atoms with Crippen LogP contribution in [0, 0.1) is 10.1 Å². The molecule has 0 aliphatic rings. The normalized spacial score (nSPS) is 11.3. The first-order chi connectivity index (χ1) is 15.7. The van der Waals surface area contributed by atoms with E-state index in [0.717, 1.165) is 0 Å². The highest BCUT2D eigenvalue weighted by atomic mass is 16.6. The van der Waals surface area contributed by atoms with Crippen LogP contribution in [0.15, 0.2) is 41.0 Å². The minimum atomic E-state index is -0.477. The molecule has 0 radical (unpaired) electrons. The molecule has 2 amide bonds. The Balaban J connectivity index is 2.04. The maximum atomic E-state index is 12.8. The fourth-order valence-electron chi connectivity index (χ4n) is 2.70. The Kier molecular flexibility index (Phi) is 9.70. The van der Waals surface area contributed by atoms with Crippen molar-refractivity contribution in [3.63, 3.8) is 0 Å². The van der Waals surface area contributed by atoms with Crippen molar-refractivity contribution in [1.82, 2.24) is 25.0 Å². The molecule has 0 unspecified atom stereocenters. The third-order valence-electron chi connectivity index (χ3n) is 4.61. The van der Waals surface area contributed by atoms with Gasteiger partial charge in [-0.1, -0.05) is 0 Å². The monoisotopic (exact) mass is 458 g/mol. The predicted octanol–water partition coefficient (Wildman–Crippen LogP) is 1.48. The number of nitrogens with zero attached hydrogens (tertiary/aromatic N) is 5. The molecular weight excluding hydrogens is 428 g/mol. The number of amides is 2. The van der Waals surface area contributed by atoms with Gasteiger partial charge in [-0.15, -0.1) is 0 Å². The van der Waals surface area contributed by atoms with E-state index in [1.54, 1.807) is 23.1 Å². The highest BCUT2D eigenvalue weighted by Gasteiger charge is 2.17. The Morgan fingerprint density at radius 3 is 2.36 bits per heavy atom. The molecule has 33 heavy (non-hydrogen) atoms. The second-order valence-electron chi connectivity index (χ2n) is 7.93. The Morgan fingerprint density at radius 1 is 1.09 bits per heavy atom. The molecule has 0 fully saturated rings. The SMILES string of the molecule is CN(C)CCNC(=O)c1coc(CN(CCN(C)C)C(=O)C=Cc2ccc([N+](=O)[O-])cc2)n1. The minimum Gasteiger partial charge on any atom is -0.446 e. The van der Waals surface area contributed by atoms with Crippen molar-refractivity contribution in [3.8, 4) is 0 Å². The smallest absolute Gasteiger partial charge is 0.273 e. The van der Waals surface area contributed by atoms with Gasteiger partial charge >= 0.3 is 0 Å². The Bertz CT molecular complexity index is 968. The molecule has 0 aliphatic carbocycles. The van der Waals surface area contributed by atoms with Crippen molar-refractivity contribution < 1.29 is 18.9 Å². The Morgan fingerprint density at radius 2 is 1.76 bits per heavy atom. The fraction of sp³-hybridized carbons (Fsp3) is 0.409. The molecule has 1 N–H and O–H groups in total. The van der Waals surface area contributed by atoms with Gasteiger partial charge in [0.2, 0.25) is 11.8 Å². The van der Waals surface area contributed by atoms with E-state index < -0.39 is 4.92 Å². The number of nitro benzene ring substituents is 1. The zero-order valence-electron chi connectivity index (χ0n) is 19.4. The second kappa shape index (κ2) is 12.5. The topological polar surface area (TPSA) is 125 Å². The zero-order valence-corrected chi connectivity index (χ0v) is 19.4. The summed E-state index contributed by atoms with van der Waals surface area (Å²) >= 11 is 0. The van der Waals surface area contributed by atoms with E-state index in [1.807, 2.05) is 38.0 Å². The first-order valence-electron chi connectivity index (χ1n) is 10.4. The van der Waals surface area contributed by atoms with Gasteiger partial charge in [-0.2, -0.15) is 0 Å². The molecule has 11 heteroatoms. The maximum Gasteiger partial charge on any atom is 0.273 e. The van der Waals surface area contributed by atoms with E-state index in [4.69, 9.17) is 4.42 Å². The van der Waals surface area contributed by atoms with E-state index >= 15 is 0 Å². The number of benzene rings is 1. The van der Waals surface area contributed by atoms with Crippen molar-refractivity contribution in [3.05, 3.63) is 63.9 Å². The van der Waals surface area contributed by atoms with Crippen LogP contribution in [-0.2, 0) is 11.3 Å². The van der Waals surface area contributed by atoms with Gasteiger partial charge < -0.3 is 24.4 Å². The van der Waals surface area contributed by atoms with Crippen LogP contribution in [0.4, 0.5) is 5.69 Å². The number of rotatable bonds is 12. The molecular formula is C22H30N6O5. The van der Waals surface area contributed by atoms with Crippen molar-refractivity contribution in [2.24, 2.45) is 0 Å². The predicted molar refractivity (Wildman–Crippen MR) is 123 cm³/mol. The number of carbonyl (C=O) groups excluding carboxylic acids is 2. The standard InChI is InChI=1S/C22H30N6O5/c1-25(2)12-11-23-22(30)19-16-33-20(24-19)15-27(14-13-26(3)4)21(29)10-7-17-5-8-18(9-6-17)28(31)32/h5-10,16H,11-15H2,1-4H3,(H,23,30). The number of hydrogen-bond acceptors (Lipinski definition) is 8. The fourth-order valence-corrected chi connectivity index (χ4v) is 2.70. The summed E-state index contributed by atoms with van der Waals surface area (Å²) in [5, 5.41) is 13.5. The lowest BCUT2D eigenvalue weighted by molar-refractivity contribution is -0.384. The lowest BCUT2D eigenvalue weighted by atomic mass is 10.2. The largest absolute Gasteiger partial charge is 0.446 e. The molecule has 0 saturated carbocycles.